The topological polar surface area (TPSA) is 82.8 Å². The number of rotatable bonds is 9. The first-order chi connectivity index (χ1) is 11.4. The Bertz CT molecular complexity index is 741. The highest BCUT2D eigenvalue weighted by Crippen LogP contribution is 2.19. The van der Waals surface area contributed by atoms with E-state index >= 15 is 0 Å². The van der Waals surface area contributed by atoms with E-state index in [0.29, 0.717) is 13.0 Å². The molecule has 1 aromatic heterocycles. The second-order valence-electron chi connectivity index (χ2n) is 5.77. The van der Waals surface area contributed by atoms with Gasteiger partial charge in [0.15, 0.2) is 0 Å². The predicted molar refractivity (Wildman–Crippen MR) is 91.9 cm³/mol. The number of nitrogens with zero attached hydrogens (tertiary/aromatic N) is 1. The molecular weight excluding hydrogens is 328 g/mol. The van der Waals surface area contributed by atoms with Crippen molar-refractivity contribution in [1.82, 2.24) is 9.62 Å². The Morgan fingerprint density at radius 3 is 2.58 bits per heavy atom. The van der Waals surface area contributed by atoms with Gasteiger partial charge in [0.25, 0.3) is 0 Å². The molecule has 24 heavy (non-hydrogen) atoms. The number of aryl methyl sites for hydroxylation is 1. The maximum Gasteiger partial charge on any atom is 0.244 e. The van der Waals surface area contributed by atoms with Gasteiger partial charge in [-0.2, -0.15) is 0 Å². The second-order valence-corrected chi connectivity index (χ2v) is 7.50. The van der Waals surface area contributed by atoms with E-state index in [0.717, 1.165) is 13.1 Å². The zero-order valence-electron chi connectivity index (χ0n) is 14.0. The molecule has 0 aliphatic rings. The number of benzene rings is 1. The highest BCUT2D eigenvalue weighted by Gasteiger charge is 2.20. The molecule has 0 unspecified atom stereocenters. The number of hydrogen-bond donors (Lipinski definition) is 2. The number of aliphatic hydroxyl groups excluding tert-OH is 1. The molecule has 0 bridgehead atoms. The van der Waals surface area contributed by atoms with Gasteiger partial charge in [0.05, 0.1) is 0 Å². The summed E-state index contributed by atoms with van der Waals surface area (Å²) in [4.78, 5) is 2.24. The van der Waals surface area contributed by atoms with E-state index in [1.54, 1.807) is 6.92 Å². The second kappa shape index (κ2) is 8.43. The zero-order chi connectivity index (χ0) is 17.6. The lowest BCUT2D eigenvalue weighted by atomic mass is 10.2. The summed E-state index contributed by atoms with van der Waals surface area (Å²) in [6.45, 7) is 3.21. The van der Waals surface area contributed by atoms with Crippen molar-refractivity contribution < 1.29 is 17.9 Å². The van der Waals surface area contributed by atoms with Crippen LogP contribution in [0.2, 0.25) is 0 Å². The molecule has 0 atom stereocenters. The normalized spacial score (nSPS) is 12.0. The standard InChI is InChI=1S/C17H24N2O4S/c1-14-17(11-16(13-20)23-14)24(21,22)18-9-6-10-19(2)12-15-7-4-3-5-8-15/h3-5,7-8,11,18,20H,6,9-10,12-13H2,1-2H3. The SMILES string of the molecule is Cc1oc(CO)cc1S(=O)(=O)NCCCN(C)Cc1ccccc1. The molecule has 0 radical (unpaired) electrons. The third kappa shape index (κ3) is 5.17. The number of furan rings is 1. The maximum atomic E-state index is 12.3. The van der Waals surface area contributed by atoms with Crippen molar-refractivity contribution in [2.45, 2.75) is 31.4 Å². The fraction of sp³-hybridized carbons (Fsp3) is 0.412. The Morgan fingerprint density at radius 2 is 1.96 bits per heavy atom. The molecule has 7 heteroatoms. The minimum absolute atomic E-state index is 0.0872. The first kappa shape index (κ1) is 18.7. The summed E-state index contributed by atoms with van der Waals surface area (Å²) in [5, 5.41) is 9.02. The van der Waals surface area contributed by atoms with Gasteiger partial charge in [-0.25, -0.2) is 13.1 Å². The fourth-order valence-electron chi connectivity index (χ4n) is 2.48. The van der Waals surface area contributed by atoms with Gasteiger partial charge in [-0.3, -0.25) is 0 Å². The van der Waals surface area contributed by atoms with Crippen LogP contribution in [-0.2, 0) is 23.2 Å². The molecule has 6 nitrogen and oxygen atoms in total. The van der Waals surface area contributed by atoms with Crippen LogP contribution in [0.3, 0.4) is 0 Å². The molecule has 2 rings (SSSR count). The molecular formula is C17H24N2O4S. The Kier molecular flexibility index (Phi) is 6.56. The average Bonchev–Trinajstić information content (AvgIpc) is 2.94. The van der Waals surface area contributed by atoms with Crippen molar-refractivity contribution in [3.05, 3.63) is 53.5 Å². The van der Waals surface area contributed by atoms with E-state index in [1.807, 2.05) is 25.2 Å². The highest BCUT2D eigenvalue weighted by atomic mass is 32.2. The lowest BCUT2D eigenvalue weighted by Gasteiger charge is -2.16. The summed E-state index contributed by atoms with van der Waals surface area (Å²) < 4.78 is 32.3. The Balaban J connectivity index is 1.79. The molecule has 1 heterocycles. The van der Waals surface area contributed by atoms with Crippen molar-refractivity contribution in [2.75, 3.05) is 20.1 Å². The third-order valence-electron chi connectivity index (χ3n) is 3.67. The van der Waals surface area contributed by atoms with Crippen LogP contribution < -0.4 is 4.72 Å². The smallest absolute Gasteiger partial charge is 0.244 e. The highest BCUT2D eigenvalue weighted by molar-refractivity contribution is 7.89. The third-order valence-corrected chi connectivity index (χ3v) is 5.24. The van der Waals surface area contributed by atoms with Crippen LogP contribution in [0.1, 0.15) is 23.5 Å². The van der Waals surface area contributed by atoms with Gasteiger partial charge >= 0.3 is 0 Å². The van der Waals surface area contributed by atoms with Crippen molar-refractivity contribution in [2.24, 2.45) is 0 Å². The number of hydrogen-bond acceptors (Lipinski definition) is 5. The van der Waals surface area contributed by atoms with Crippen LogP contribution in [0.25, 0.3) is 0 Å². The van der Waals surface area contributed by atoms with Crippen molar-refractivity contribution in [3.8, 4) is 0 Å². The van der Waals surface area contributed by atoms with Crippen molar-refractivity contribution in [3.63, 3.8) is 0 Å². The minimum atomic E-state index is -3.61. The molecule has 0 spiro atoms. The number of nitrogens with one attached hydrogen (secondary N) is 1. The van der Waals surface area contributed by atoms with Gasteiger partial charge in [-0.15, -0.1) is 0 Å². The lowest BCUT2D eigenvalue weighted by molar-refractivity contribution is 0.244. The molecule has 0 amide bonds. The average molecular weight is 352 g/mol. The van der Waals surface area contributed by atoms with E-state index in [2.05, 4.69) is 21.8 Å². The number of aliphatic hydroxyl groups is 1. The van der Waals surface area contributed by atoms with Crippen LogP contribution in [0.15, 0.2) is 45.7 Å². The molecule has 0 aliphatic carbocycles. The summed E-state index contributed by atoms with van der Waals surface area (Å²) >= 11 is 0. The van der Waals surface area contributed by atoms with Crippen LogP contribution >= 0.6 is 0 Å². The maximum absolute atomic E-state index is 12.3. The Morgan fingerprint density at radius 1 is 1.25 bits per heavy atom. The fourth-order valence-corrected chi connectivity index (χ4v) is 3.75. The summed E-state index contributed by atoms with van der Waals surface area (Å²) in [6.07, 6.45) is 0.701. The predicted octanol–water partition coefficient (Wildman–Crippen LogP) is 1.88. The van der Waals surface area contributed by atoms with Gasteiger partial charge in [0.2, 0.25) is 10.0 Å². The van der Waals surface area contributed by atoms with Gasteiger partial charge in [-0.1, -0.05) is 30.3 Å². The van der Waals surface area contributed by atoms with E-state index < -0.39 is 10.0 Å². The Hall–Kier alpha value is -1.67. The first-order valence-corrected chi connectivity index (χ1v) is 9.33. The molecule has 2 N–H and O–H groups in total. The zero-order valence-corrected chi connectivity index (χ0v) is 14.8. The van der Waals surface area contributed by atoms with Crippen LogP contribution in [0, 0.1) is 6.92 Å². The van der Waals surface area contributed by atoms with Crippen LogP contribution in [0.4, 0.5) is 0 Å². The van der Waals surface area contributed by atoms with Gasteiger partial charge < -0.3 is 14.4 Å². The van der Waals surface area contributed by atoms with Gasteiger partial charge in [0.1, 0.15) is 23.0 Å². The molecule has 1 aromatic carbocycles. The van der Waals surface area contributed by atoms with E-state index in [4.69, 9.17) is 9.52 Å². The van der Waals surface area contributed by atoms with E-state index in [9.17, 15) is 8.42 Å². The van der Waals surface area contributed by atoms with Crippen LogP contribution in [-0.4, -0.2) is 38.6 Å². The summed E-state index contributed by atoms with van der Waals surface area (Å²) in [5.74, 6) is 0.531. The van der Waals surface area contributed by atoms with Crippen molar-refractivity contribution >= 4 is 10.0 Å². The van der Waals surface area contributed by atoms with Gasteiger partial charge in [-0.05, 0) is 32.5 Å². The van der Waals surface area contributed by atoms with Gasteiger partial charge in [0, 0.05) is 19.2 Å². The molecule has 0 fully saturated rings. The van der Waals surface area contributed by atoms with Crippen molar-refractivity contribution in [1.29, 1.82) is 0 Å². The quantitative estimate of drug-likeness (QED) is 0.673. The largest absolute Gasteiger partial charge is 0.462 e. The monoisotopic (exact) mass is 352 g/mol. The van der Waals surface area contributed by atoms with Crippen LogP contribution in [0.5, 0.6) is 0 Å². The van der Waals surface area contributed by atoms with E-state index in [-0.39, 0.29) is 23.0 Å². The summed E-state index contributed by atoms with van der Waals surface area (Å²) in [5.41, 5.74) is 1.23. The molecule has 0 saturated heterocycles. The molecule has 2 aromatic rings. The molecule has 0 saturated carbocycles. The molecule has 132 valence electrons. The minimum Gasteiger partial charge on any atom is -0.462 e. The number of sulfonamides is 1. The first-order valence-electron chi connectivity index (χ1n) is 7.84. The summed E-state index contributed by atoms with van der Waals surface area (Å²) in [6, 6.07) is 11.5. The Labute approximate surface area is 143 Å². The molecule has 0 aliphatic heterocycles. The summed E-state index contributed by atoms with van der Waals surface area (Å²) in [7, 11) is -1.60. The van der Waals surface area contributed by atoms with E-state index in [1.165, 1.54) is 11.6 Å². The lowest BCUT2D eigenvalue weighted by Crippen LogP contribution is -2.28.